The van der Waals surface area contributed by atoms with Gasteiger partial charge in [-0.25, -0.2) is 0 Å². The number of ether oxygens (including phenoxy) is 1. The molecule has 118 valence electrons. The third kappa shape index (κ3) is 3.57. The molecule has 3 atom stereocenters. The minimum absolute atomic E-state index is 0.107. The Hall–Kier alpha value is -0.0800. The number of nitrogens with one attached hydrogen (secondary N) is 1. The molecule has 0 spiro atoms. The molecule has 2 rings (SSSR count). The second-order valence-electron chi connectivity index (χ2n) is 7.54. The van der Waals surface area contributed by atoms with E-state index in [4.69, 9.17) is 4.74 Å². The number of hydrogen-bond donors (Lipinski definition) is 1. The summed E-state index contributed by atoms with van der Waals surface area (Å²) in [5.41, 5.74) is 0.107. The molecule has 2 saturated carbocycles. The van der Waals surface area contributed by atoms with Crippen molar-refractivity contribution in [1.82, 2.24) is 5.32 Å². The molecule has 20 heavy (non-hydrogen) atoms. The van der Waals surface area contributed by atoms with Gasteiger partial charge in [0, 0.05) is 13.2 Å². The van der Waals surface area contributed by atoms with Gasteiger partial charge in [0.25, 0.3) is 0 Å². The largest absolute Gasteiger partial charge is 0.377 e. The van der Waals surface area contributed by atoms with Crippen LogP contribution in [0.3, 0.4) is 0 Å². The lowest BCUT2D eigenvalue weighted by molar-refractivity contribution is -0.0888. The van der Waals surface area contributed by atoms with Crippen molar-refractivity contribution in [3.8, 4) is 0 Å². The molecule has 0 aromatic carbocycles. The van der Waals surface area contributed by atoms with Crippen molar-refractivity contribution in [2.75, 3.05) is 13.7 Å². The maximum Gasteiger partial charge on any atom is 0.0833 e. The highest BCUT2D eigenvalue weighted by atomic mass is 16.5. The molecule has 2 heteroatoms. The summed E-state index contributed by atoms with van der Waals surface area (Å²) in [4.78, 5) is 0. The second-order valence-corrected chi connectivity index (χ2v) is 7.54. The van der Waals surface area contributed by atoms with Gasteiger partial charge < -0.3 is 10.1 Å². The Labute approximate surface area is 126 Å². The Morgan fingerprint density at radius 3 is 2.15 bits per heavy atom. The average molecular weight is 281 g/mol. The highest BCUT2D eigenvalue weighted by Crippen LogP contribution is 2.43. The first-order valence-electron chi connectivity index (χ1n) is 8.90. The van der Waals surface area contributed by atoms with Crippen molar-refractivity contribution in [1.29, 1.82) is 0 Å². The van der Waals surface area contributed by atoms with Crippen LogP contribution in [0.4, 0.5) is 0 Å². The summed E-state index contributed by atoms with van der Waals surface area (Å²) in [7, 11) is 1.95. The van der Waals surface area contributed by atoms with E-state index in [-0.39, 0.29) is 5.60 Å². The van der Waals surface area contributed by atoms with E-state index in [9.17, 15) is 0 Å². The van der Waals surface area contributed by atoms with E-state index < -0.39 is 0 Å². The summed E-state index contributed by atoms with van der Waals surface area (Å²) in [6.45, 7) is 8.18. The predicted molar refractivity (Wildman–Crippen MR) is 86.0 cm³/mol. The lowest BCUT2D eigenvalue weighted by atomic mass is 9.66. The smallest absolute Gasteiger partial charge is 0.0833 e. The van der Waals surface area contributed by atoms with E-state index in [2.05, 4.69) is 26.1 Å². The Balaban J connectivity index is 2.15. The molecule has 2 aliphatic rings. The van der Waals surface area contributed by atoms with Crippen LogP contribution < -0.4 is 5.32 Å². The van der Waals surface area contributed by atoms with Crippen LogP contribution in [-0.2, 0) is 4.74 Å². The van der Waals surface area contributed by atoms with Gasteiger partial charge in [-0.1, -0.05) is 40.0 Å². The van der Waals surface area contributed by atoms with Gasteiger partial charge in [-0.15, -0.1) is 0 Å². The molecule has 1 N–H and O–H groups in total. The summed E-state index contributed by atoms with van der Waals surface area (Å²) in [5.74, 6) is 2.55. The van der Waals surface area contributed by atoms with E-state index >= 15 is 0 Å². The standard InChI is InChI=1S/C18H35NO/c1-5-19-17(16-12-14(2)11-15(3)13-16)18(20-4)9-7-6-8-10-18/h14-17,19H,5-13H2,1-4H3. The van der Waals surface area contributed by atoms with Crippen LogP contribution in [-0.4, -0.2) is 25.3 Å². The Morgan fingerprint density at radius 2 is 1.65 bits per heavy atom. The molecular formula is C18H35NO. The van der Waals surface area contributed by atoms with Crippen molar-refractivity contribution < 1.29 is 4.74 Å². The molecule has 2 nitrogen and oxygen atoms in total. The topological polar surface area (TPSA) is 21.3 Å². The first-order valence-corrected chi connectivity index (χ1v) is 8.90. The molecule has 0 aliphatic heterocycles. The van der Waals surface area contributed by atoms with Crippen molar-refractivity contribution in [2.24, 2.45) is 17.8 Å². The van der Waals surface area contributed by atoms with Crippen LogP contribution in [0.25, 0.3) is 0 Å². The minimum atomic E-state index is 0.107. The lowest BCUT2D eigenvalue weighted by Crippen LogP contribution is -2.57. The van der Waals surface area contributed by atoms with Gasteiger partial charge in [-0.3, -0.25) is 0 Å². The molecule has 0 saturated heterocycles. The van der Waals surface area contributed by atoms with E-state index in [1.807, 2.05) is 7.11 Å². The maximum atomic E-state index is 6.15. The van der Waals surface area contributed by atoms with E-state index in [0.29, 0.717) is 6.04 Å². The highest BCUT2D eigenvalue weighted by molar-refractivity contribution is 5.00. The molecule has 0 radical (unpaired) electrons. The fourth-order valence-electron chi connectivity index (χ4n) is 5.08. The Kier molecular flexibility index (Phi) is 5.92. The zero-order chi connectivity index (χ0) is 14.6. The molecular weight excluding hydrogens is 246 g/mol. The zero-order valence-corrected chi connectivity index (χ0v) is 14.1. The summed E-state index contributed by atoms with van der Waals surface area (Å²) in [6, 6.07) is 0.558. The predicted octanol–water partition coefficient (Wildman–Crippen LogP) is 4.39. The van der Waals surface area contributed by atoms with Gasteiger partial charge in [0.1, 0.15) is 0 Å². The number of methoxy groups -OCH3 is 1. The summed E-state index contributed by atoms with van der Waals surface area (Å²) in [6.07, 6.45) is 10.7. The van der Waals surface area contributed by atoms with Crippen molar-refractivity contribution in [3.05, 3.63) is 0 Å². The first kappa shape index (κ1) is 16.3. The first-order chi connectivity index (χ1) is 9.61. The van der Waals surface area contributed by atoms with Gasteiger partial charge in [-0.2, -0.15) is 0 Å². The summed E-state index contributed by atoms with van der Waals surface area (Å²) >= 11 is 0. The summed E-state index contributed by atoms with van der Waals surface area (Å²) < 4.78 is 6.15. The SMILES string of the molecule is CCNC(C1CC(C)CC(C)C1)C1(OC)CCCCC1. The maximum absolute atomic E-state index is 6.15. The molecule has 2 fully saturated rings. The second kappa shape index (κ2) is 7.26. The van der Waals surface area contributed by atoms with Gasteiger partial charge in [0.05, 0.1) is 5.60 Å². The van der Waals surface area contributed by atoms with Gasteiger partial charge in [0.15, 0.2) is 0 Å². The average Bonchev–Trinajstić information content (AvgIpc) is 2.44. The van der Waals surface area contributed by atoms with E-state index in [0.717, 1.165) is 24.3 Å². The van der Waals surface area contributed by atoms with Crippen LogP contribution in [0, 0.1) is 17.8 Å². The van der Waals surface area contributed by atoms with Crippen molar-refractivity contribution >= 4 is 0 Å². The van der Waals surface area contributed by atoms with Gasteiger partial charge in [-0.05, 0) is 56.4 Å². The minimum Gasteiger partial charge on any atom is -0.377 e. The van der Waals surface area contributed by atoms with Crippen LogP contribution in [0.5, 0.6) is 0 Å². The third-order valence-electron chi connectivity index (χ3n) is 5.78. The van der Waals surface area contributed by atoms with Crippen LogP contribution >= 0.6 is 0 Å². The Morgan fingerprint density at radius 1 is 1.05 bits per heavy atom. The fourth-order valence-corrected chi connectivity index (χ4v) is 5.08. The molecule has 0 amide bonds. The van der Waals surface area contributed by atoms with Gasteiger partial charge >= 0.3 is 0 Å². The quantitative estimate of drug-likeness (QED) is 0.807. The Bertz CT molecular complexity index is 275. The molecule has 3 unspecified atom stereocenters. The number of hydrogen-bond acceptors (Lipinski definition) is 2. The monoisotopic (exact) mass is 281 g/mol. The molecule has 0 aromatic heterocycles. The normalized spacial score (nSPS) is 35.7. The zero-order valence-electron chi connectivity index (χ0n) is 14.1. The number of rotatable bonds is 5. The van der Waals surface area contributed by atoms with Gasteiger partial charge in [0.2, 0.25) is 0 Å². The molecule has 0 bridgehead atoms. The van der Waals surface area contributed by atoms with Crippen molar-refractivity contribution in [3.63, 3.8) is 0 Å². The van der Waals surface area contributed by atoms with Crippen LogP contribution in [0.1, 0.15) is 72.1 Å². The lowest BCUT2D eigenvalue weighted by Gasteiger charge is -2.48. The molecule has 2 aliphatic carbocycles. The van der Waals surface area contributed by atoms with Crippen LogP contribution in [0.2, 0.25) is 0 Å². The highest BCUT2D eigenvalue weighted by Gasteiger charge is 2.44. The molecule has 0 heterocycles. The van der Waals surface area contributed by atoms with Crippen molar-refractivity contribution in [2.45, 2.75) is 83.8 Å². The fraction of sp³-hybridized carbons (Fsp3) is 1.00. The van der Waals surface area contributed by atoms with E-state index in [1.54, 1.807) is 0 Å². The van der Waals surface area contributed by atoms with Crippen LogP contribution in [0.15, 0.2) is 0 Å². The number of likely N-dealkylation sites (N-methyl/N-ethyl adjacent to an activating group) is 1. The third-order valence-corrected chi connectivity index (χ3v) is 5.78. The summed E-state index contributed by atoms with van der Waals surface area (Å²) in [5, 5.41) is 3.83. The van der Waals surface area contributed by atoms with E-state index in [1.165, 1.54) is 51.4 Å². The molecule has 0 aromatic rings.